The van der Waals surface area contributed by atoms with E-state index in [9.17, 15) is 9.18 Å². The molecule has 0 unspecified atom stereocenters. The Labute approximate surface area is 164 Å². The molecule has 0 spiro atoms. The molecule has 6 rings (SSSR count). The summed E-state index contributed by atoms with van der Waals surface area (Å²) in [6.45, 7) is 2.93. The van der Waals surface area contributed by atoms with E-state index in [1.807, 2.05) is 12.1 Å². The van der Waals surface area contributed by atoms with Crippen molar-refractivity contribution in [3.8, 4) is 5.75 Å². The highest BCUT2D eigenvalue weighted by molar-refractivity contribution is 5.94. The van der Waals surface area contributed by atoms with Crippen LogP contribution in [-0.4, -0.2) is 54.5 Å². The molecule has 1 amide bonds. The maximum Gasteiger partial charge on any atom is 0.254 e. The monoisotopic (exact) mass is 380 g/mol. The van der Waals surface area contributed by atoms with Gasteiger partial charge in [-0.1, -0.05) is 12.1 Å². The zero-order chi connectivity index (χ0) is 19.3. The SMILES string of the molecule is COc1cccc([C@@H]2CN(C(=O)c3ccc(F)cc3)[C@H]3C4CCN(CC4)[C@@H]23)c1. The molecule has 0 aromatic heterocycles. The maximum atomic E-state index is 13.3. The number of carbonyl (C=O) groups excluding carboxylic acids is 1. The number of likely N-dealkylation sites (tertiary alicyclic amines) is 1. The molecule has 0 aliphatic carbocycles. The summed E-state index contributed by atoms with van der Waals surface area (Å²) >= 11 is 0. The summed E-state index contributed by atoms with van der Waals surface area (Å²) in [7, 11) is 1.69. The number of carbonyl (C=O) groups is 1. The first-order chi connectivity index (χ1) is 13.7. The van der Waals surface area contributed by atoms with Gasteiger partial charge in [-0.25, -0.2) is 4.39 Å². The fourth-order valence-electron chi connectivity index (χ4n) is 5.58. The van der Waals surface area contributed by atoms with Crippen LogP contribution in [-0.2, 0) is 0 Å². The van der Waals surface area contributed by atoms with E-state index in [-0.39, 0.29) is 23.7 Å². The zero-order valence-corrected chi connectivity index (χ0v) is 16.1. The van der Waals surface area contributed by atoms with E-state index in [1.54, 1.807) is 19.2 Å². The number of nitrogens with zero attached hydrogens (tertiary/aromatic N) is 2. The highest BCUT2D eigenvalue weighted by Crippen LogP contribution is 2.47. The molecule has 28 heavy (non-hydrogen) atoms. The van der Waals surface area contributed by atoms with Crippen LogP contribution in [0.5, 0.6) is 5.75 Å². The second-order valence-corrected chi connectivity index (χ2v) is 8.20. The van der Waals surface area contributed by atoms with Crippen molar-refractivity contribution in [2.75, 3.05) is 26.7 Å². The lowest BCUT2D eigenvalue weighted by atomic mass is 9.75. The molecular formula is C23H25FN2O2. The molecule has 5 heteroatoms. The zero-order valence-electron chi connectivity index (χ0n) is 16.1. The van der Waals surface area contributed by atoms with Crippen LogP contribution in [0.15, 0.2) is 48.5 Å². The lowest BCUT2D eigenvalue weighted by Gasteiger charge is -2.51. The van der Waals surface area contributed by atoms with Crippen LogP contribution < -0.4 is 4.74 Å². The van der Waals surface area contributed by atoms with Gasteiger partial charge in [-0.2, -0.15) is 0 Å². The van der Waals surface area contributed by atoms with Crippen LogP contribution in [0.4, 0.5) is 4.39 Å². The van der Waals surface area contributed by atoms with Crippen LogP contribution in [0.25, 0.3) is 0 Å². The minimum atomic E-state index is -0.312. The predicted molar refractivity (Wildman–Crippen MR) is 105 cm³/mol. The Bertz CT molecular complexity index is 876. The van der Waals surface area contributed by atoms with Gasteiger partial charge in [0.2, 0.25) is 0 Å². The molecule has 0 N–H and O–H groups in total. The summed E-state index contributed by atoms with van der Waals surface area (Å²) in [4.78, 5) is 18.0. The molecule has 2 aromatic rings. The number of amides is 1. The average Bonchev–Trinajstić information content (AvgIpc) is 3.18. The van der Waals surface area contributed by atoms with Gasteiger partial charge in [0.25, 0.3) is 5.91 Å². The average molecular weight is 380 g/mol. The number of halogens is 1. The molecule has 146 valence electrons. The third kappa shape index (κ3) is 2.80. The first-order valence-corrected chi connectivity index (χ1v) is 10.1. The van der Waals surface area contributed by atoms with Crippen molar-refractivity contribution in [1.29, 1.82) is 0 Å². The number of fused-ring (bicyclic) bond motifs is 2. The molecule has 4 aliphatic heterocycles. The highest BCUT2D eigenvalue weighted by atomic mass is 19.1. The number of benzene rings is 2. The topological polar surface area (TPSA) is 32.8 Å². The lowest BCUT2D eigenvalue weighted by molar-refractivity contribution is -0.00341. The second kappa shape index (κ2) is 6.89. The van der Waals surface area contributed by atoms with Gasteiger partial charge in [-0.15, -0.1) is 0 Å². The predicted octanol–water partition coefficient (Wildman–Crippen LogP) is 3.54. The minimum Gasteiger partial charge on any atom is -0.497 e. The fraction of sp³-hybridized carbons (Fsp3) is 0.435. The molecular weight excluding hydrogens is 355 g/mol. The molecule has 4 heterocycles. The van der Waals surface area contributed by atoms with E-state index in [1.165, 1.54) is 17.7 Å². The fourth-order valence-corrected chi connectivity index (χ4v) is 5.58. The van der Waals surface area contributed by atoms with Gasteiger partial charge in [-0.3, -0.25) is 9.69 Å². The van der Waals surface area contributed by atoms with E-state index in [4.69, 9.17) is 4.74 Å². The number of rotatable bonds is 3. The van der Waals surface area contributed by atoms with Crippen molar-refractivity contribution in [1.82, 2.24) is 9.80 Å². The summed E-state index contributed by atoms with van der Waals surface area (Å²) in [5.41, 5.74) is 1.80. The molecule has 4 fully saturated rings. The largest absolute Gasteiger partial charge is 0.497 e. The van der Waals surface area contributed by atoms with Crippen molar-refractivity contribution < 1.29 is 13.9 Å². The Morgan fingerprint density at radius 3 is 2.54 bits per heavy atom. The molecule has 2 aromatic carbocycles. The molecule has 2 bridgehead atoms. The summed E-state index contributed by atoms with van der Waals surface area (Å²) in [5, 5.41) is 0. The van der Waals surface area contributed by atoms with Gasteiger partial charge in [0.05, 0.1) is 13.2 Å². The van der Waals surface area contributed by atoms with Gasteiger partial charge in [0.15, 0.2) is 0 Å². The molecule has 4 saturated heterocycles. The van der Waals surface area contributed by atoms with Gasteiger partial charge >= 0.3 is 0 Å². The van der Waals surface area contributed by atoms with Gasteiger partial charge in [0, 0.05) is 24.1 Å². The number of hydrogen-bond donors (Lipinski definition) is 0. The van der Waals surface area contributed by atoms with E-state index < -0.39 is 0 Å². The highest BCUT2D eigenvalue weighted by Gasteiger charge is 2.54. The van der Waals surface area contributed by atoms with Crippen molar-refractivity contribution in [2.45, 2.75) is 30.8 Å². The minimum absolute atomic E-state index is 0.0224. The third-order valence-electron chi connectivity index (χ3n) is 6.87. The van der Waals surface area contributed by atoms with E-state index in [0.29, 0.717) is 24.1 Å². The van der Waals surface area contributed by atoms with Crippen LogP contribution in [0.1, 0.15) is 34.7 Å². The van der Waals surface area contributed by atoms with Crippen molar-refractivity contribution in [3.63, 3.8) is 0 Å². The van der Waals surface area contributed by atoms with Gasteiger partial charge in [-0.05, 0) is 73.8 Å². The van der Waals surface area contributed by atoms with Crippen molar-refractivity contribution in [3.05, 3.63) is 65.5 Å². The Hall–Kier alpha value is -2.40. The van der Waals surface area contributed by atoms with E-state index in [0.717, 1.165) is 31.7 Å². The second-order valence-electron chi connectivity index (χ2n) is 8.20. The molecule has 3 atom stereocenters. The maximum absolute atomic E-state index is 13.3. The Morgan fingerprint density at radius 2 is 1.82 bits per heavy atom. The summed E-state index contributed by atoms with van der Waals surface area (Å²) in [6.07, 6.45) is 2.30. The lowest BCUT2D eigenvalue weighted by Crippen LogP contribution is -2.60. The molecule has 0 radical (unpaired) electrons. The standard InChI is InChI=1S/C23H25FN2O2/c1-28-19-4-2-3-17(13-19)20-14-26(23(27)16-5-7-18(24)8-6-16)21-15-9-11-25(12-10-15)22(20)21/h2-8,13,15,20-22H,9-12,14H2,1H3/t20-,21-,22-/m0/s1. The quantitative estimate of drug-likeness (QED) is 0.817. The Kier molecular flexibility index (Phi) is 4.35. The van der Waals surface area contributed by atoms with Crippen LogP contribution in [0.2, 0.25) is 0 Å². The van der Waals surface area contributed by atoms with Gasteiger partial charge in [0.1, 0.15) is 11.6 Å². The first kappa shape index (κ1) is 17.7. The summed E-state index contributed by atoms with van der Waals surface area (Å²) < 4.78 is 18.8. The van der Waals surface area contributed by atoms with Crippen LogP contribution >= 0.6 is 0 Å². The van der Waals surface area contributed by atoms with Crippen molar-refractivity contribution in [2.24, 2.45) is 5.92 Å². The van der Waals surface area contributed by atoms with Gasteiger partial charge < -0.3 is 9.64 Å². The number of methoxy groups -OCH3 is 1. The number of ether oxygens (including phenoxy) is 1. The van der Waals surface area contributed by atoms with E-state index >= 15 is 0 Å². The smallest absolute Gasteiger partial charge is 0.254 e. The van der Waals surface area contributed by atoms with E-state index in [2.05, 4.69) is 21.9 Å². The van der Waals surface area contributed by atoms with Crippen LogP contribution in [0.3, 0.4) is 0 Å². The van der Waals surface area contributed by atoms with Crippen molar-refractivity contribution >= 4 is 5.91 Å². The summed E-state index contributed by atoms with van der Waals surface area (Å²) in [5.74, 6) is 1.39. The molecule has 4 nitrogen and oxygen atoms in total. The first-order valence-electron chi connectivity index (χ1n) is 10.1. The summed E-state index contributed by atoms with van der Waals surface area (Å²) in [6, 6.07) is 14.8. The Morgan fingerprint density at radius 1 is 1.07 bits per heavy atom. The number of hydrogen-bond acceptors (Lipinski definition) is 3. The normalized spacial score (nSPS) is 30.9. The molecule has 4 aliphatic rings. The Balaban J connectivity index is 1.51. The third-order valence-corrected chi connectivity index (χ3v) is 6.87. The van der Waals surface area contributed by atoms with Crippen LogP contribution in [0, 0.1) is 11.7 Å². The number of piperidine rings is 3. The molecule has 0 saturated carbocycles.